The van der Waals surface area contributed by atoms with Crippen molar-refractivity contribution in [3.63, 3.8) is 0 Å². The number of unbranched alkanes of at least 4 members (excludes halogenated alkanes) is 53. The van der Waals surface area contributed by atoms with Crippen LogP contribution in [0.2, 0.25) is 0 Å². The molecule has 0 aromatic heterocycles. The molecule has 0 aliphatic rings. The van der Waals surface area contributed by atoms with Crippen molar-refractivity contribution < 1.29 is 28.6 Å². The molecule has 0 saturated heterocycles. The molecule has 0 aliphatic carbocycles. The highest BCUT2D eigenvalue weighted by Gasteiger charge is 2.20. The summed E-state index contributed by atoms with van der Waals surface area (Å²) in [7, 11) is 0. The van der Waals surface area contributed by atoms with E-state index in [1.807, 2.05) is 0 Å². The van der Waals surface area contributed by atoms with E-state index in [4.69, 9.17) is 14.2 Å². The predicted molar refractivity (Wildman–Crippen MR) is 362 cm³/mol. The minimum atomic E-state index is -0.773. The zero-order valence-corrected chi connectivity index (χ0v) is 56.2. The van der Waals surface area contributed by atoms with Gasteiger partial charge in [-0.3, -0.25) is 14.4 Å². The molecule has 0 saturated carbocycles. The zero-order valence-electron chi connectivity index (χ0n) is 56.2. The monoisotopic (exact) mass is 1170 g/mol. The smallest absolute Gasteiger partial charge is 0.306 e. The van der Waals surface area contributed by atoms with Crippen LogP contribution < -0.4 is 0 Å². The summed E-state index contributed by atoms with van der Waals surface area (Å²) in [6, 6.07) is 0. The van der Waals surface area contributed by atoms with E-state index in [-0.39, 0.29) is 31.1 Å². The van der Waals surface area contributed by atoms with Crippen LogP contribution in [0, 0.1) is 0 Å². The van der Waals surface area contributed by atoms with Crippen molar-refractivity contribution in [3.8, 4) is 0 Å². The molecule has 1 unspecified atom stereocenters. The van der Waals surface area contributed by atoms with E-state index in [0.29, 0.717) is 19.3 Å². The van der Waals surface area contributed by atoms with Crippen LogP contribution in [0.5, 0.6) is 0 Å². The first-order chi connectivity index (χ1) is 41.0. The van der Waals surface area contributed by atoms with Crippen LogP contribution in [0.1, 0.15) is 419 Å². The standard InChI is InChI=1S/C77H144O6/c1-4-7-10-13-16-19-22-25-28-30-31-32-33-34-35-36-37-38-39-40-41-42-43-44-45-46-47-48-50-52-55-58-61-64-67-70-76(79)82-73-74(72-81-75(78)69-66-63-60-57-54-51-27-24-21-18-15-12-9-6-3)83-77(80)71-68-65-62-59-56-53-49-29-26-23-20-17-14-11-8-5-2/h22,25,29-31,49,74H,4-21,23-24,26-28,32-48,50-73H2,1-3H3/b25-22-,31-30-,49-29-. The van der Waals surface area contributed by atoms with Crippen LogP contribution >= 0.6 is 0 Å². The Hall–Kier alpha value is -2.37. The summed E-state index contributed by atoms with van der Waals surface area (Å²) in [6.45, 7) is 6.69. The summed E-state index contributed by atoms with van der Waals surface area (Å²) in [5, 5.41) is 0. The fourth-order valence-corrected chi connectivity index (χ4v) is 11.5. The van der Waals surface area contributed by atoms with Crippen LogP contribution in [0.25, 0.3) is 0 Å². The molecular formula is C77H144O6. The van der Waals surface area contributed by atoms with Gasteiger partial charge in [0.2, 0.25) is 0 Å². The Balaban J connectivity index is 4.08. The lowest BCUT2D eigenvalue weighted by molar-refractivity contribution is -0.167. The molecule has 0 N–H and O–H groups in total. The van der Waals surface area contributed by atoms with E-state index in [9.17, 15) is 14.4 Å². The van der Waals surface area contributed by atoms with Gasteiger partial charge in [-0.2, -0.15) is 0 Å². The molecule has 0 radical (unpaired) electrons. The molecule has 0 spiro atoms. The summed E-state index contributed by atoms with van der Waals surface area (Å²) in [5.74, 6) is -0.845. The largest absolute Gasteiger partial charge is 0.462 e. The first-order valence-corrected chi connectivity index (χ1v) is 37.5. The van der Waals surface area contributed by atoms with Crippen molar-refractivity contribution in [2.45, 2.75) is 425 Å². The topological polar surface area (TPSA) is 78.9 Å². The Labute approximate surface area is 518 Å². The van der Waals surface area contributed by atoms with Crippen molar-refractivity contribution in [1.82, 2.24) is 0 Å². The molecule has 0 aliphatic heterocycles. The van der Waals surface area contributed by atoms with Gasteiger partial charge in [-0.05, 0) is 77.0 Å². The van der Waals surface area contributed by atoms with E-state index < -0.39 is 6.10 Å². The maximum absolute atomic E-state index is 12.9. The Kier molecular flexibility index (Phi) is 70.0. The van der Waals surface area contributed by atoms with Crippen molar-refractivity contribution in [1.29, 1.82) is 0 Å². The summed E-state index contributed by atoms with van der Waals surface area (Å²) in [5.41, 5.74) is 0. The number of carbonyl (C=O) groups is 3. The van der Waals surface area contributed by atoms with Gasteiger partial charge >= 0.3 is 17.9 Å². The lowest BCUT2D eigenvalue weighted by atomic mass is 10.0. The maximum atomic E-state index is 12.9. The van der Waals surface area contributed by atoms with Gasteiger partial charge in [0.1, 0.15) is 13.2 Å². The number of hydrogen-bond acceptors (Lipinski definition) is 6. The van der Waals surface area contributed by atoms with Crippen molar-refractivity contribution in [2.24, 2.45) is 0 Å². The van der Waals surface area contributed by atoms with Gasteiger partial charge in [-0.25, -0.2) is 0 Å². The van der Waals surface area contributed by atoms with Crippen LogP contribution in [0.4, 0.5) is 0 Å². The van der Waals surface area contributed by atoms with Crippen LogP contribution in [0.3, 0.4) is 0 Å². The molecule has 0 bridgehead atoms. The number of carbonyl (C=O) groups excluding carboxylic acids is 3. The third-order valence-electron chi connectivity index (χ3n) is 17.1. The van der Waals surface area contributed by atoms with Crippen molar-refractivity contribution >= 4 is 17.9 Å². The predicted octanol–water partition coefficient (Wildman–Crippen LogP) is 25.9. The summed E-state index contributed by atoms with van der Waals surface area (Å²) in [6.07, 6.45) is 90.6. The summed E-state index contributed by atoms with van der Waals surface area (Å²) in [4.78, 5) is 38.4. The highest BCUT2D eigenvalue weighted by Crippen LogP contribution is 2.19. The Morgan fingerprint density at radius 2 is 0.434 bits per heavy atom. The van der Waals surface area contributed by atoms with Gasteiger partial charge < -0.3 is 14.2 Å². The first-order valence-electron chi connectivity index (χ1n) is 37.5. The summed E-state index contributed by atoms with van der Waals surface area (Å²) < 4.78 is 17.0. The number of hydrogen-bond donors (Lipinski definition) is 0. The number of ether oxygens (including phenoxy) is 3. The maximum Gasteiger partial charge on any atom is 0.306 e. The highest BCUT2D eigenvalue weighted by atomic mass is 16.6. The Bertz CT molecular complexity index is 1380. The molecule has 0 heterocycles. The molecule has 488 valence electrons. The lowest BCUT2D eigenvalue weighted by Crippen LogP contribution is -2.30. The van der Waals surface area contributed by atoms with E-state index >= 15 is 0 Å². The SMILES string of the molecule is CCCCCCC/C=C\C/C=C\CCCCCCCCCCCCCCCCCCCCCCCCCC(=O)OCC(COC(=O)CCCCCCCCCCCCCCCC)OC(=O)CCCCCCC/C=C\CCCCCCCCC. The third kappa shape index (κ3) is 70.3. The van der Waals surface area contributed by atoms with Crippen molar-refractivity contribution in [2.75, 3.05) is 13.2 Å². The summed E-state index contributed by atoms with van der Waals surface area (Å²) >= 11 is 0. The quantitative estimate of drug-likeness (QED) is 0.0261. The molecule has 1 atom stereocenters. The van der Waals surface area contributed by atoms with Crippen molar-refractivity contribution in [3.05, 3.63) is 36.5 Å². The Morgan fingerprint density at radius 3 is 0.675 bits per heavy atom. The van der Waals surface area contributed by atoms with E-state index in [0.717, 1.165) is 70.6 Å². The molecule has 0 amide bonds. The van der Waals surface area contributed by atoms with E-state index in [1.54, 1.807) is 0 Å². The number of rotatable bonds is 70. The van der Waals surface area contributed by atoms with Gasteiger partial charge in [0.15, 0.2) is 6.10 Å². The van der Waals surface area contributed by atoms with Gasteiger partial charge in [0, 0.05) is 19.3 Å². The lowest BCUT2D eigenvalue weighted by Gasteiger charge is -2.18. The second kappa shape index (κ2) is 72.1. The molecule has 0 rings (SSSR count). The average Bonchev–Trinajstić information content (AvgIpc) is 3.49. The molecule has 6 heteroatoms. The fourth-order valence-electron chi connectivity index (χ4n) is 11.5. The average molecular weight is 1170 g/mol. The van der Waals surface area contributed by atoms with Gasteiger partial charge in [-0.15, -0.1) is 0 Å². The first kappa shape index (κ1) is 80.6. The van der Waals surface area contributed by atoms with E-state index in [1.165, 1.54) is 308 Å². The molecular weight excluding hydrogens is 1020 g/mol. The molecule has 83 heavy (non-hydrogen) atoms. The normalized spacial score (nSPS) is 12.2. The minimum absolute atomic E-state index is 0.0687. The van der Waals surface area contributed by atoms with E-state index in [2.05, 4.69) is 57.2 Å². The Morgan fingerprint density at radius 1 is 0.241 bits per heavy atom. The van der Waals surface area contributed by atoms with Crippen LogP contribution in [-0.2, 0) is 28.6 Å². The third-order valence-corrected chi connectivity index (χ3v) is 17.1. The van der Waals surface area contributed by atoms with Crippen LogP contribution in [0.15, 0.2) is 36.5 Å². The fraction of sp³-hybridized carbons (Fsp3) is 0.883. The van der Waals surface area contributed by atoms with Gasteiger partial charge in [0.05, 0.1) is 0 Å². The number of allylic oxidation sites excluding steroid dienone is 6. The second-order valence-electron chi connectivity index (χ2n) is 25.6. The molecule has 6 nitrogen and oxygen atoms in total. The van der Waals surface area contributed by atoms with Gasteiger partial charge in [0.25, 0.3) is 0 Å². The number of esters is 3. The molecule has 0 fully saturated rings. The zero-order chi connectivity index (χ0) is 59.9. The van der Waals surface area contributed by atoms with Gasteiger partial charge in [-0.1, -0.05) is 359 Å². The van der Waals surface area contributed by atoms with Crippen LogP contribution in [-0.4, -0.2) is 37.2 Å². The second-order valence-corrected chi connectivity index (χ2v) is 25.6. The highest BCUT2D eigenvalue weighted by molar-refractivity contribution is 5.71. The molecule has 0 aromatic rings. The minimum Gasteiger partial charge on any atom is -0.462 e. The molecule has 0 aromatic carbocycles.